The van der Waals surface area contributed by atoms with Crippen molar-refractivity contribution in [1.29, 1.82) is 0 Å². The number of hydrogen-bond donors (Lipinski definition) is 1. The summed E-state index contributed by atoms with van der Waals surface area (Å²) in [5, 5.41) is 3.60. The Morgan fingerprint density at radius 3 is 2.50 bits per heavy atom. The number of carbonyl (C=O) groups excluding carboxylic acids is 1. The molecule has 1 N–H and O–H groups in total. The predicted octanol–water partition coefficient (Wildman–Crippen LogP) is 4.78. The topological polar surface area (TPSA) is 29.1 Å². The molecule has 0 saturated carbocycles. The van der Waals surface area contributed by atoms with Crippen LogP contribution in [-0.2, 0) is 4.79 Å². The van der Waals surface area contributed by atoms with Crippen LogP contribution in [-0.4, -0.2) is 5.91 Å². The van der Waals surface area contributed by atoms with Gasteiger partial charge < -0.3 is 5.32 Å². The quantitative estimate of drug-likeness (QED) is 0.861. The van der Waals surface area contributed by atoms with Crippen molar-refractivity contribution in [2.24, 2.45) is 0 Å². The summed E-state index contributed by atoms with van der Waals surface area (Å²) in [6, 6.07) is 15.4. The molecule has 0 spiro atoms. The van der Waals surface area contributed by atoms with Crippen LogP contribution in [0, 0.1) is 6.92 Å². The van der Waals surface area contributed by atoms with Crippen molar-refractivity contribution in [1.82, 2.24) is 0 Å². The maximum atomic E-state index is 12.4. The van der Waals surface area contributed by atoms with Crippen molar-refractivity contribution in [2.45, 2.75) is 26.2 Å². The van der Waals surface area contributed by atoms with Crippen LogP contribution in [0.3, 0.4) is 0 Å². The molecular formula is C17H18ClNO. The Kier molecular flexibility index (Phi) is 4.80. The number of hydrogen-bond acceptors (Lipinski definition) is 1. The normalized spacial score (nSPS) is 11.9. The highest BCUT2D eigenvalue weighted by Gasteiger charge is 2.18. The Morgan fingerprint density at radius 1 is 1.20 bits per heavy atom. The van der Waals surface area contributed by atoms with Crippen LogP contribution < -0.4 is 5.32 Å². The maximum Gasteiger partial charge on any atom is 0.231 e. The van der Waals surface area contributed by atoms with Gasteiger partial charge in [-0.3, -0.25) is 4.79 Å². The van der Waals surface area contributed by atoms with E-state index in [-0.39, 0.29) is 11.8 Å². The Balaban J connectivity index is 2.15. The van der Waals surface area contributed by atoms with Crippen LogP contribution in [0.4, 0.5) is 5.69 Å². The molecule has 2 rings (SSSR count). The maximum absolute atomic E-state index is 12.4. The second-order valence-corrected chi connectivity index (χ2v) is 5.23. The van der Waals surface area contributed by atoms with Gasteiger partial charge in [-0.05, 0) is 36.6 Å². The SMILES string of the molecule is CC[C@@H](C(=O)Nc1ccc(C)c(Cl)c1)c1ccccc1. The first-order chi connectivity index (χ1) is 9.61. The summed E-state index contributed by atoms with van der Waals surface area (Å²) in [5.41, 5.74) is 2.77. The molecule has 1 amide bonds. The van der Waals surface area contributed by atoms with Gasteiger partial charge in [0.05, 0.1) is 5.92 Å². The van der Waals surface area contributed by atoms with E-state index in [4.69, 9.17) is 11.6 Å². The van der Waals surface area contributed by atoms with E-state index in [0.29, 0.717) is 5.02 Å². The third-order valence-corrected chi connectivity index (χ3v) is 3.77. The molecule has 0 fully saturated rings. The van der Waals surface area contributed by atoms with Crippen molar-refractivity contribution in [3.63, 3.8) is 0 Å². The van der Waals surface area contributed by atoms with Gasteiger partial charge in [-0.25, -0.2) is 0 Å². The number of benzene rings is 2. The molecule has 1 atom stereocenters. The molecule has 0 saturated heterocycles. The molecule has 20 heavy (non-hydrogen) atoms. The fourth-order valence-electron chi connectivity index (χ4n) is 2.16. The second kappa shape index (κ2) is 6.58. The highest BCUT2D eigenvalue weighted by Crippen LogP contribution is 2.24. The standard InChI is InChI=1S/C17H18ClNO/c1-3-15(13-7-5-4-6-8-13)17(20)19-14-10-9-12(2)16(18)11-14/h4-11,15H,3H2,1-2H3,(H,19,20)/t15-/m1/s1. The molecule has 2 nitrogen and oxygen atoms in total. The Labute approximate surface area is 124 Å². The zero-order valence-corrected chi connectivity index (χ0v) is 12.4. The molecular weight excluding hydrogens is 270 g/mol. The summed E-state index contributed by atoms with van der Waals surface area (Å²) < 4.78 is 0. The molecule has 0 aliphatic heterocycles. The van der Waals surface area contributed by atoms with Crippen LogP contribution >= 0.6 is 11.6 Å². The number of nitrogens with one attached hydrogen (secondary N) is 1. The van der Waals surface area contributed by atoms with Gasteiger partial charge in [0, 0.05) is 10.7 Å². The van der Waals surface area contributed by atoms with Crippen LogP contribution in [0.5, 0.6) is 0 Å². The molecule has 0 bridgehead atoms. The van der Waals surface area contributed by atoms with Crippen LogP contribution in [0.15, 0.2) is 48.5 Å². The molecule has 0 heterocycles. The lowest BCUT2D eigenvalue weighted by atomic mass is 9.95. The monoisotopic (exact) mass is 287 g/mol. The smallest absolute Gasteiger partial charge is 0.231 e. The van der Waals surface area contributed by atoms with Crippen LogP contribution in [0.2, 0.25) is 5.02 Å². The van der Waals surface area contributed by atoms with Gasteiger partial charge in [-0.1, -0.05) is 54.9 Å². The van der Waals surface area contributed by atoms with Gasteiger partial charge in [0.15, 0.2) is 0 Å². The minimum Gasteiger partial charge on any atom is -0.326 e. The van der Waals surface area contributed by atoms with E-state index in [1.807, 2.05) is 56.3 Å². The van der Waals surface area contributed by atoms with Gasteiger partial charge in [0.25, 0.3) is 0 Å². The minimum atomic E-state index is -0.142. The van der Waals surface area contributed by atoms with Gasteiger partial charge in [-0.2, -0.15) is 0 Å². The van der Waals surface area contributed by atoms with Gasteiger partial charge in [0.2, 0.25) is 5.91 Å². The molecule has 3 heteroatoms. The number of rotatable bonds is 4. The molecule has 0 aliphatic carbocycles. The van der Waals surface area contributed by atoms with E-state index in [1.165, 1.54) is 0 Å². The molecule has 0 aromatic heterocycles. The first kappa shape index (κ1) is 14.6. The minimum absolute atomic E-state index is 0.00128. The molecule has 2 aromatic carbocycles. The lowest BCUT2D eigenvalue weighted by Crippen LogP contribution is -2.20. The largest absolute Gasteiger partial charge is 0.326 e. The number of amides is 1. The van der Waals surface area contributed by atoms with Crippen LogP contribution in [0.1, 0.15) is 30.4 Å². The highest BCUT2D eigenvalue weighted by molar-refractivity contribution is 6.31. The lowest BCUT2D eigenvalue weighted by molar-refractivity contribution is -0.117. The van der Waals surface area contributed by atoms with E-state index in [0.717, 1.165) is 23.2 Å². The van der Waals surface area contributed by atoms with Crippen molar-refractivity contribution < 1.29 is 4.79 Å². The Morgan fingerprint density at radius 2 is 1.90 bits per heavy atom. The summed E-state index contributed by atoms with van der Waals surface area (Å²) >= 11 is 6.08. The number of carbonyl (C=O) groups is 1. The fraction of sp³-hybridized carbons (Fsp3) is 0.235. The first-order valence-electron chi connectivity index (χ1n) is 6.73. The highest BCUT2D eigenvalue weighted by atomic mass is 35.5. The first-order valence-corrected chi connectivity index (χ1v) is 7.11. The van der Waals surface area contributed by atoms with Crippen molar-refractivity contribution >= 4 is 23.2 Å². The summed E-state index contributed by atoms with van der Waals surface area (Å²) in [6.07, 6.45) is 0.759. The van der Waals surface area contributed by atoms with Crippen molar-refractivity contribution in [3.8, 4) is 0 Å². The molecule has 104 valence electrons. The zero-order valence-electron chi connectivity index (χ0n) is 11.7. The predicted molar refractivity (Wildman–Crippen MR) is 84.3 cm³/mol. The zero-order chi connectivity index (χ0) is 14.5. The lowest BCUT2D eigenvalue weighted by Gasteiger charge is -2.15. The molecule has 0 radical (unpaired) electrons. The molecule has 2 aromatic rings. The van der Waals surface area contributed by atoms with Crippen molar-refractivity contribution in [2.75, 3.05) is 5.32 Å². The summed E-state index contributed by atoms with van der Waals surface area (Å²) in [5.74, 6) is -0.144. The average Bonchev–Trinajstić information content (AvgIpc) is 2.45. The van der Waals surface area contributed by atoms with E-state index < -0.39 is 0 Å². The number of halogens is 1. The van der Waals surface area contributed by atoms with E-state index in [2.05, 4.69) is 5.32 Å². The van der Waals surface area contributed by atoms with E-state index in [9.17, 15) is 4.79 Å². The third-order valence-electron chi connectivity index (χ3n) is 3.37. The Bertz CT molecular complexity index is 595. The number of anilines is 1. The van der Waals surface area contributed by atoms with Gasteiger partial charge in [0.1, 0.15) is 0 Å². The number of aryl methyl sites for hydroxylation is 1. The second-order valence-electron chi connectivity index (χ2n) is 4.82. The van der Waals surface area contributed by atoms with E-state index in [1.54, 1.807) is 6.07 Å². The van der Waals surface area contributed by atoms with Gasteiger partial charge in [-0.15, -0.1) is 0 Å². The summed E-state index contributed by atoms with van der Waals surface area (Å²) in [6.45, 7) is 3.95. The van der Waals surface area contributed by atoms with Gasteiger partial charge >= 0.3 is 0 Å². The average molecular weight is 288 g/mol. The summed E-state index contributed by atoms with van der Waals surface area (Å²) in [4.78, 5) is 12.4. The van der Waals surface area contributed by atoms with Crippen molar-refractivity contribution in [3.05, 3.63) is 64.7 Å². The van der Waals surface area contributed by atoms with Crippen LogP contribution in [0.25, 0.3) is 0 Å². The fourth-order valence-corrected chi connectivity index (χ4v) is 2.34. The third kappa shape index (κ3) is 3.40. The molecule has 0 aliphatic rings. The molecule has 0 unspecified atom stereocenters. The van der Waals surface area contributed by atoms with E-state index >= 15 is 0 Å². The Hall–Kier alpha value is -1.80. The summed E-state index contributed by atoms with van der Waals surface area (Å²) in [7, 11) is 0.